The number of aromatic nitrogens is 5. The number of imidazole rings is 1. The number of piperidine rings is 3. The van der Waals surface area contributed by atoms with Crippen molar-refractivity contribution in [2.75, 3.05) is 26.7 Å². The highest BCUT2D eigenvalue weighted by atomic mass is 19.1. The van der Waals surface area contributed by atoms with Crippen LogP contribution in [0.5, 0.6) is 6.01 Å². The number of nitrogens with zero attached hydrogens (tertiary/aromatic N) is 7. The van der Waals surface area contributed by atoms with Gasteiger partial charge in [0.25, 0.3) is 0 Å². The van der Waals surface area contributed by atoms with Crippen LogP contribution in [0.2, 0.25) is 0 Å². The zero-order valence-corrected chi connectivity index (χ0v) is 20.3. The number of halogens is 1. The molecule has 0 saturated carbocycles. The van der Waals surface area contributed by atoms with Gasteiger partial charge in [-0.25, -0.2) is 9.37 Å². The van der Waals surface area contributed by atoms with Crippen molar-refractivity contribution in [3.8, 4) is 23.5 Å². The lowest BCUT2D eigenvalue weighted by Crippen LogP contribution is -2.46. The minimum Gasteiger partial charge on any atom is -0.467 e. The van der Waals surface area contributed by atoms with E-state index in [-0.39, 0.29) is 18.4 Å². The van der Waals surface area contributed by atoms with Crippen LogP contribution in [0.3, 0.4) is 0 Å². The summed E-state index contributed by atoms with van der Waals surface area (Å²) in [6.07, 6.45) is 5.52. The summed E-state index contributed by atoms with van der Waals surface area (Å²) in [4.78, 5) is 20.4. The first kappa shape index (κ1) is 22.6. The molecule has 2 bridgehead atoms. The Morgan fingerprint density at radius 1 is 1.14 bits per heavy atom. The highest BCUT2D eigenvalue weighted by Gasteiger charge is 2.35. The second-order valence-electron chi connectivity index (χ2n) is 9.66. The third-order valence-corrected chi connectivity index (χ3v) is 7.55. The van der Waals surface area contributed by atoms with Gasteiger partial charge in [0, 0.05) is 30.1 Å². The van der Waals surface area contributed by atoms with E-state index in [9.17, 15) is 5.26 Å². The van der Waals surface area contributed by atoms with Crippen molar-refractivity contribution in [2.24, 2.45) is 5.92 Å². The topological polar surface area (TPSA) is 92.8 Å². The summed E-state index contributed by atoms with van der Waals surface area (Å²) < 4.78 is 22.7. The number of nitriles is 1. The molecule has 4 aromatic rings. The Morgan fingerprint density at radius 3 is 2.67 bits per heavy atom. The van der Waals surface area contributed by atoms with Gasteiger partial charge >= 0.3 is 6.01 Å². The van der Waals surface area contributed by atoms with Crippen LogP contribution in [-0.2, 0) is 6.54 Å². The van der Waals surface area contributed by atoms with Crippen molar-refractivity contribution in [1.29, 1.82) is 5.26 Å². The molecule has 0 N–H and O–H groups in total. The summed E-state index contributed by atoms with van der Waals surface area (Å²) in [5, 5.41) is 9.37. The van der Waals surface area contributed by atoms with E-state index in [1.165, 1.54) is 26.1 Å². The van der Waals surface area contributed by atoms with Crippen LogP contribution in [0.1, 0.15) is 41.1 Å². The van der Waals surface area contributed by atoms with Gasteiger partial charge in [0.15, 0.2) is 5.65 Å². The van der Waals surface area contributed by atoms with Gasteiger partial charge in [-0.1, -0.05) is 12.1 Å². The van der Waals surface area contributed by atoms with Gasteiger partial charge in [-0.3, -0.25) is 4.98 Å². The lowest BCUT2D eigenvalue weighted by molar-refractivity contribution is 0.0870. The number of hydrogen-bond donors (Lipinski definition) is 0. The number of benzene rings is 1. The summed E-state index contributed by atoms with van der Waals surface area (Å²) in [6, 6.07) is 9.72. The van der Waals surface area contributed by atoms with Crippen LogP contribution < -0.4 is 4.74 Å². The number of aryl methyl sites for hydroxylation is 1. The van der Waals surface area contributed by atoms with Crippen molar-refractivity contribution in [3.05, 3.63) is 64.9 Å². The van der Waals surface area contributed by atoms with Crippen LogP contribution >= 0.6 is 0 Å². The van der Waals surface area contributed by atoms with E-state index < -0.39 is 0 Å². The molecule has 1 unspecified atom stereocenters. The zero-order valence-electron chi connectivity index (χ0n) is 20.3. The Bertz CT molecular complexity index is 1500. The number of ether oxygens (including phenoxy) is 1. The molecule has 1 atom stereocenters. The van der Waals surface area contributed by atoms with Gasteiger partial charge in [0.2, 0.25) is 0 Å². The van der Waals surface area contributed by atoms with Crippen molar-refractivity contribution < 1.29 is 9.13 Å². The van der Waals surface area contributed by atoms with E-state index in [2.05, 4.69) is 32.0 Å². The van der Waals surface area contributed by atoms with Gasteiger partial charge in [0.05, 0.1) is 24.9 Å². The molecule has 0 aliphatic carbocycles. The number of pyridine rings is 1. The third kappa shape index (κ3) is 3.88. The molecule has 3 aromatic heterocycles. The smallest absolute Gasteiger partial charge is 0.318 e. The molecule has 36 heavy (non-hydrogen) atoms. The molecule has 6 heterocycles. The van der Waals surface area contributed by atoms with Gasteiger partial charge < -0.3 is 14.2 Å². The second-order valence-corrected chi connectivity index (χ2v) is 9.66. The van der Waals surface area contributed by atoms with E-state index >= 15 is 4.39 Å². The van der Waals surface area contributed by atoms with Crippen molar-refractivity contribution in [3.63, 3.8) is 0 Å². The molecule has 3 fully saturated rings. The monoisotopic (exact) mass is 483 g/mol. The lowest BCUT2D eigenvalue weighted by Gasteiger charge is -2.45. The van der Waals surface area contributed by atoms with Gasteiger partial charge in [-0.05, 0) is 62.4 Å². The Morgan fingerprint density at radius 2 is 1.97 bits per heavy atom. The zero-order chi connectivity index (χ0) is 24.8. The largest absolute Gasteiger partial charge is 0.467 e. The van der Waals surface area contributed by atoms with Crippen molar-refractivity contribution in [1.82, 2.24) is 29.4 Å². The summed E-state index contributed by atoms with van der Waals surface area (Å²) in [5.74, 6) is 1.33. The predicted molar refractivity (Wildman–Crippen MR) is 132 cm³/mol. The van der Waals surface area contributed by atoms with Gasteiger partial charge in [0.1, 0.15) is 23.2 Å². The average molecular weight is 484 g/mol. The molecule has 0 radical (unpaired) electrons. The fourth-order valence-corrected chi connectivity index (χ4v) is 5.63. The molecule has 0 amide bonds. The van der Waals surface area contributed by atoms with E-state index in [4.69, 9.17) is 9.72 Å². The van der Waals surface area contributed by atoms with Crippen molar-refractivity contribution >= 4 is 11.2 Å². The van der Waals surface area contributed by atoms with Crippen LogP contribution in [0.4, 0.5) is 4.39 Å². The Hall–Kier alpha value is -3.90. The van der Waals surface area contributed by atoms with E-state index in [1.54, 1.807) is 18.3 Å². The van der Waals surface area contributed by atoms with Crippen molar-refractivity contribution in [2.45, 2.75) is 32.2 Å². The molecule has 3 aliphatic heterocycles. The van der Waals surface area contributed by atoms with Crippen LogP contribution in [0.25, 0.3) is 22.6 Å². The molecular weight excluding hydrogens is 457 g/mol. The summed E-state index contributed by atoms with van der Waals surface area (Å²) in [5.41, 5.74) is 4.47. The predicted octanol–water partition coefficient (Wildman–Crippen LogP) is 4.07. The molecule has 7 rings (SSSR count). The average Bonchev–Trinajstić information content (AvgIpc) is 3.29. The fraction of sp³-hybridized carbons (Fsp3) is 0.370. The first-order chi connectivity index (χ1) is 17.5. The fourth-order valence-electron chi connectivity index (χ4n) is 5.63. The maximum absolute atomic E-state index is 15.6. The number of methoxy groups -OCH3 is 1. The molecular formula is C27H26FN7O. The second kappa shape index (κ2) is 8.95. The maximum atomic E-state index is 15.6. The molecule has 3 aliphatic rings. The number of hydrogen-bond acceptors (Lipinski definition) is 7. The number of rotatable bonds is 5. The summed E-state index contributed by atoms with van der Waals surface area (Å²) >= 11 is 0. The molecule has 0 spiro atoms. The van der Waals surface area contributed by atoms with Crippen LogP contribution in [0.15, 0.2) is 36.7 Å². The highest BCUT2D eigenvalue weighted by molar-refractivity contribution is 5.79. The molecule has 1 aromatic carbocycles. The molecule has 9 heteroatoms. The van der Waals surface area contributed by atoms with E-state index in [1.807, 2.05) is 17.6 Å². The SMILES string of the molecule is COc1nc(C)c2nc(-c3cncc(C#N)c3)n(Cc3ccc(C4CN5CCC4CC5)cc3F)c2n1. The quantitative estimate of drug-likeness (QED) is 0.422. The molecule has 8 nitrogen and oxygen atoms in total. The minimum absolute atomic E-state index is 0.217. The first-order valence-electron chi connectivity index (χ1n) is 12.2. The molecule has 182 valence electrons. The van der Waals surface area contributed by atoms with Gasteiger partial charge in [-0.2, -0.15) is 15.2 Å². The third-order valence-electron chi connectivity index (χ3n) is 7.55. The van der Waals surface area contributed by atoms with E-state index in [0.717, 1.165) is 25.2 Å². The Kier molecular flexibility index (Phi) is 5.61. The Balaban J connectivity index is 1.43. The van der Waals surface area contributed by atoms with Crippen LogP contribution in [0, 0.1) is 30.0 Å². The minimum atomic E-state index is -0.238. The standard InChI is InChI=1S/C27H26FN7O/c1-16-24-26(33-27(31-16)36-2)35(25(32-24)21-9-17(11-29)12-30-13-21)14-20-4-3-19(10-23(20)28)22-15-34-7-5-18(22)6-8-34/h3-4,9-10,12-13,18,22H,5-8,14-15H2,1-2H3. The highest BCUT2D eigenvalue weighted by Crippen LogP contribution is 2.39. The van der Waals surface area contributed by atoms with Crippen LogP contribution in [-0.4, -0.2) is 56.1 Å². The van der Waals surface area contributed by atoms with Gasteiger partial charge in [-0.15, -0.1) is 0 Å². The normalized spacial score (nSPS) is 21.0. The number of fused-ring (bicyclic) bond motifs is 4. The first-order valence-corrected chi connectivity index (χ1v) is 12.2. The summed E-state index contributed by atoms with van der Waals surface area (Å²) in [6.45, 7) is 5.38. The maximum Gasteiger partial charge on any atom is 0.318 e. The summed E-state index contributed by atoms with van der Waals surface area (Å²) in [7, 11) is 1.51. The Labute approximate surface area is 208 Å². The molecule has 3 saturated heterocycles. The lowest BCUT2D eigenvalue weighted by atomic mass is 9.75. The van der Waals surface area contributed by atoms with E-state index in [0.29, 0.717) is 51.2 Å².